The first-order valence-corrected chi connectivity index (χ1v) is 6.52. The number of nitrogens with zero attached hydrogens (tertiary/aromatic N) is 2. The molecule has 2 aromatic rings. The number of hydrogen-bond donors (Lipinski definition) is 2. The van der Waals surface area contributed by atoms with Gasteiger partial charge < -0.3 is 5.32 Å². The maximum absolute atomic E-state index is 13.5. The number of aromatic nitrogens is 2. The Morgan fingerprint density at radius 1 is 1.30 bits per heavy atom. The lowest BCUT2D eigenvalue weighted by atomic mass is 10.2. The van der Waals surface area contributed by atoms with E-state index in [0.29, 0.717) is 12.5 Å². The third-order valence-corrected chi connectivity index (χ3v) is 2.97. The second-order valence-corrected chi connectivity index (χ2v) is 4.61. The number of halogens is 3. The molecule has 0 saturated carbocycles. The van der Waals surface area contributed by atoms with Crippen molar-refractivity contribution in [3.05, 3.63) is 51.1 Å². The van der Waals surface area contributed by atoms with Crippen molar-refractivity contribution in [1.29, 1.82) is 0 Å². The van der Waals surface area contributed by atoms with Crippen molar-refractivity contribution >= 4 is 17.3 Å². The normalized spacial score (nSPS) is 10.6. The fourth-order valence-corrected chi connectivity index (χ4v) is 1.95. The molecule has 7 nitrogen and oxygen atoms in total. The molecule has 1 aromatic heterocycles. The van der Waals surface area contributed by atoms with E-state index in [-0.39, 0.29) is 18.2 Å². The van der Waals surface area contributed by atoms with Crippen molar-refractivity contribution in [3.8, 4) is 0 Å². The molecule has 2 N–H and O–H groups in total. The van der Waals surface area contributed by atoms with Crippen LogP contribution in [0.2, 0.25) is 0 Å². The van der Waals surface area contributed by atoms with Crippen molar-refractivity contribution < 1.29 is 22.9 Å². The number of nitrogens with one attached hydrogen (secondary N) is 2. The fourth-order valence-electron chi connectivity index (χ4n) is 1.95. The van der Waals surface area contributed by atoms with Crippen LogP contribution >= 0.6 is 0 Å². The van der Waals surface area contributed by atoms with E-state index in [1.807, 2.05) is 5.32 Å². The van der Waals surface area contributed by atoms with E-state index in [9.17, 15) is 28.1 Å². The van der Waals surface area contributed by atoms with Crippen LogP contribution in [-0.4, -0.2) is 21.0 Å². The first-order chi connectivity index (χ1) is 10.8. The van der Waals surface area contributed by atoms with Gasteiger partial charge in [0, 0.05) is 12.1 Å². The van der Waals surface area contributed by atoms with Crippen molar-refractivity contribution in [2.45, 2.75) is 19.8 Å². The molecule has 0 atom stereocenters. The fraction of sp³-hybridized carbons (Fsp3) is 0.231. The van der Waals surface area contributed by atoms with E-state index in [2.05, 4.69) is 10.2 Å². The Morgan fingerprint density at radius 2 is 1.96 bits per heavy atom. The minimum absolute atomic E-state index is 0.147. The van der Waals surface area contributed by atoms with Crippen LogP contribution in [0.4, 0.5) is 24.5 Å². The zero-order valence-corrected chi connectivity index (χ0v) is 11.8. The van der Waals surface area contributed by atoms with Gasteiger partial charge in [0.2, 0.25) is 5.69 Å². The molecule has 1 aromatic carbocycles. The molecule has 0 saturated heterocycles. The number of benzene rings is 1. The maximum atomic E-state index is 13.5. The number of H-pyrrole nitrogens is 1. The second kappa shape index (κ2) is 6.46. The number of rotatable bonds is 5. The summed E-state index contributed by atoms with van der Waals surface area (Å²) < 4.78 is 39.5. The molecule has 0 aliphatic heterocycles. The Balaban J connectivity index is 2.35. The molecule has 10 heteroatoms. The summed E-state index contributed by atoms with van der Waals surface area (Å²) in [5.41, 5.74) is -1.61. The first-order valence-electron chi connectivity index (χ1n) is 6.52. The van der Waals surface area contributed by atoms with E-state index in [1.54, 1.807) is 6.92 Å². The Labute approximate surface area is 127 Å². The van der Waals surface area contributed by atoms with Gasteiger partial charge >= 0.3 is 5.69 Å². The van der Waals surface area contributed by atoms with Gasteiger partial charge in [-0.3, -0.25) is 20.0 Å². The molecule has 122 valence electrons. The number of aromatic amines is 1. The number of hydrogen-bond acceptors (Lipinski definition) is 4. The number of aryl methyl sites for hydroxylation is 1. The summed E-state index contributed by atoms with van der Waals surface area (Å²) in [6, 6.07) is 0.695. The Morgan fingerprint density at radius 3 is 2.57 bits per heavy atom. The van der Waals surface area contributed by atoms with E-state index in [4.69, 9.17) is 0 Å². The molecule has 2 rings (SSSR count). The third kappa shape index (κ3) is 3.30. The standard InChI is InChI=1S/C13H11F3N4O3/c1-2-3-9-12(20(22)23)11(19-18-9)13(21)17-10-5-7(15)6(14)4-8(10)16/h4-5H,2-3H2,1H3,(H,17,21)(H,18,19). The lowest BCUT2D eigenvalue weighted by Gasteiger charge is -2.05. The lowest BCUT2D eigenvalue weighted by molar-refractivity contribution is -0.385. The average molecular weight is 328 g/mol. The van der Waals surface area contributed by atoms with Gasteiger partial charge in [0.1, 0.15) is 11.5 Å². The van der Waals surface area contributed by atoms with Crippen molar-refractivity contribution in [2.75, 3.05) is 5.32 Å². The highest BCUT2D eigenvalue weighted by Crippen LogP contribution is 2.24. The van der Waals surface area contributed by atoms with Gasteiger partial charge in [-0.1, -0.05) is 13.3 Å². The number of amides is 1. The number of carbonyl (C=O) groups excluding carboxylic acids is 1. The molecule has 0 radical (unpaired) electrons. The molecule has 1 heterocycles. The Kier molecular flexibility index (Phi) is 4.63. The number of carbonyl (C=O) groups is 1. The largest absolute Gasteiger partial charge is 0.322 e. The number of nitro groups is 1. The zero-order valence-electron chi connectivity index (χ0n) is 11.8. The molecule has 0 unspecified atom stereocenters. The maximum Gasteiger partial charge on any atom is 0.322 e. The monoisotopic (exact) mass is 328 g/mol. The molecule has 0 spiro atoms. The van der Waals surface area contributed by atoms with Gasteiger partial charge in [-0.25, -0.2) is 13.2 Å². The van der Waals surface area contributed by atoms with Gasteiger partial charge in [0.15, 0.2) is 11.6 Å². The summed E-state index contributed by atoms with van der Waals surface area (Å²) in [4.78, 5) is 22.3. The van der Waals surface area contributed by atoms with Crippen LogP contribution in [0.3, 0.4) is 0 Å². The van der Waals surface area contributed by atoms with Crippen molar-refractivity contribution in [2.24, 2.45) is 0 Å². The van der Waals surface area contributed by atoms with Crippen molar-refractivity contribution in [3.63, 3.8) is 0 Å². The highest BCUT2D eigenvalue weighted by Gasteiger charge is 2.29. The van der Waals surface area contributed by atoms with Crippen molar-refractivity contribution in [1.82, 2.24) is 10.2 Å². The summed E-state index contributed by atoms with van der Waals surface area (Å²) in [7, 11) is 0. The van der Waals surface area contributed by atoms with Gasteiger partial charge in [-0.05, 0) is 6.42 Å². The van der Waals surface area contributed by atoms with E-state index < -0.39 is 45.4 Å². The van der Waals surface area contributed by atoms with E-state index >= 15 is 0 Å². The molecular weight excluding hydrogens is 317 g/mol. The van der Waals surface area contributed by atoms with Gasteiger partial charge in [-0.2, -0.15) is 5.10 Å². The topological polar surface area (TPSA) is 101 Å². The molecule has 0 aliphatic rings. The molecular formula is C13H11F3N4O3. The smallest absolute Gasteiger partial charge is 0.318 e. The van der Waals surface area contributed by atoms with Crippen LogP contribution in [0.5, 0.6) is 0 Å². The minimum atomic E-state index is -1.42. The average Bonchev–Trinajstić information content (AvgIpc) is 2.89. The van der Waals surface area contributed by atoms with Crippen LogP contribution in [-0.2, 0) is 6.42 Å². The minimum Gasteiger partial charge on any atom is -0.318 e. The zero-order chi connectivity index (χ0) is 17.1. The van der Waals surface area contributed by atoms with Crippen LogP contribution in [0.15, 0.2) is 12.1 Å². The summed E-state index contributed by atoms with van der Waals surface area (Å²) in [6.07, 6.45) is 0.859. The predicted molar refractivity (Wildman–Crippen MR) is 73.5 cm³/mol. The predicted octanol–water partition coefficient (Wildman–Crippen LogP) is 2.94. The quantitative estimate of drug-likeness (QED) is 0.500. The van der Waals surface area contributed by atoms with E-state index in [1.165, 1.54) is 0 Å². The van der Waals surface area contributed by atoms with Gasteiger partial charge in [0.05, 0.1) is 10.6 Å². The summed E-state index contributed by atoms with van der Waals surface area (Å²) in [5.74, 6) is -5.12. The molecule has 0 fully saturated rings. The highest BCUT2D eigenvalue weighted by atomic mass is 19.2. The number of anilines is 1. The van der Waals surface area contributed by atoms with Crippen LogP contribution in [0.1, 0.15) is 29.5 Å². The van der Waals surface area contributed by atoms with E-state index in [0.717, 1.165) is 0 Å². The Bertz CT molecular complexity index is 776. The van der Waals surface area contributed by atoms with Crippen LogP contribution in [0.25, 0.3) is 0 Å². The lowest BCUT2D eigenvalue weighted by Crippen LogP contribution is -2.15. The molecule has 0 bridgehead atoms. The Hall–Kier alpha value is -2.91. The summed E-state index contributed by atoms with van der Waals surface area (Å²) in [6.45, 7) is 1.78. The summed E-state index contributed by atoms with van der Waals surface area (Å²) in [5, 5.41) is 19.0. The third-order valence-electron chi connectivity index (χ3n) is 2.97. The van der Waals surface area contributed by atoms with Gasteiger partial charge in [0.25, 0.3) is 5.91 Å². The van der Waals surface area contributed by atoms with Gasteiger partial charge in [-0.15, -0.1) is 0 Å². The molecule has 23 heavy (non-hydrogen) atoms. The van der Waals surface area contributed by atoms with Crippen LogP contribution in [0, 0.1) is 27.6 Å². The van der Waals surface area contributed by atoms with Crippen LogP contribution < -0.4 is 5.32 Å². The molecule has 0 aliphatic carbocycles. The second-order valence-electron chi connectivity index (χ2n) is 4.61. The first kappa shape index (κ1) is 16.5. The SMILES string of the molecule is CCCc1[nH]nc(C(=O)Nc2cc(F)c(F)cc2F)c1[N+](=O)[O-]. The highest BCUT2D eigenvalue weighted by molar-refractivity contribution is 6.05. The summed E-state index contributed by atoms with van der Waals surface area (Å²) >= 11 is 0. The molecule has 1 amide bonds.